The summed E-state index contributed by atoms with van der Waals surface area (Å²) in [7, 11) is 1.55. The molecular weight excluding hydrogens is 297 g/mol. The van der Waals surface area contributed by atoms with Crippen LogP contribution in [0.4, 0.5) is 19.0 Å². The van der Waals surface area contributed by atoms with Crippen LogP contribution in [0.5, 0.6) is 0 Å². The number of anilines is 1. The Hall–Kier alpha value is -2.08. The minimum Gasteiger partial charge on any atom is -0.373 e. The Balaban J connectivity index is 2.24. The average molecular weight is 308 g/mol. The minimum atomic E-state index is -4.40. The summed E-state index contributed by atoms with van der Waals surface area (Å²) in [4.78, 5) is 4.26. The molecule has 2 heterocycles. The molecule has 0 aliphatic carbocycles. The summed E-state index contributed by atoms with van der Waals surface area (Å²) in [5.74, 6) is 0.202. The fourth-order valence-corrected chi connectivity index (χ4v) is 3.08. The minimum absolute atomic E-state index is 0.202. The molecule has 2 aromatic heterocycles. The van der Waals surface area contributed by atoms with Gasteiger partial charge in [0.15, 0.2) is 0 Å². The van der Waals surface area contributed by atoms with E-state index in [2.05, 4.69) is 10.3 Å². The molecule has 0 saturated heterocycles. The maximum atomic E-state index is 13.0. The number of benzene rings is 1. The van der Waals surface area contributed by atoms with Crippen LogP contribution >= 0.6 is 11.3 Å². The van der Waals surface area contributed by atoms with Gasteiger partial charge in [0.25, 0.3) is 0 Å². The molecule has 0 saturated carbocycles. The Bertz CT molecular complexity index is 793. The van der Waals surface area contributed by atoms with E-state index < -0.39 is 11.7 Å². The zero-order chi connectivity index (χ0) is 15.0. The molecule has 1 aromatic carbocycles. The van der Waals surface area contributed by atoms with Gasteiger partial charge in [-0.25, -0.2) is 4.98 Å². The van der Waals surface area contributed by atoms with Crippen LogP contribution in [-0.4, -0.2) is 12.0 Å². The maximum absolute atomic E-state index is 13.0. The van der Waals surface area contributed by atoms with E-state index in [4.69, 9.17) is 0 Å². The van der Waals surface area contributed by atoms with E-state index in [1.54, 1.807) is 13.1 Å². The second kappa shape index (κ2) is 5.04. The number of fused-ring (bicyclic) bond motifs is 1. The van der Waals surface area contributed by atoms with Crippen LogP contribution < -0.4 is 5.32 Å². The molecular formula is C15H11F3N2S. The Morgan fingerprint density at radius 3 is 2.67 bits per heavy atom. The number of nitrogens with one attached hydrogen (secondary N) is 1. The first-order valence-electron chi connectivity index (χ1n) is 6.22. The van der Waals surface area contributed by atoms with E-state index in [0.29, 0.717) is 11.3 Å². The molecule has 0 unspecified atom stereocenters. The third kappa shape index (κ3) is 2.58. The molecule has 0 fully saturated rings. The molecule has 0 amide bonds. The van der Waals surface area contributed by atoms with E-state index in [-0.39, 0.29) is 5.82 Å². The molecule has 3 rings (SSSR count). The topological polar surface area (TPSA) is 24.9 Å². The highest BCUT2D eigenvalue weighted by Gasteiger charge is 2.31. The number of aromatic nitrogens is 1. The van der Waals surface area contributed by atoms with Gasteiger partial charge in [-0.1, -0.05) is 18.2 Å². The number of alkyl halides is 3. The van der Waals surface area contributed by atoms with Crippen LogP contribution in [0.2, 0.25) is 0 Å². The monoisotopic (exact) mass is 308 g/mol. The molecule has 2 nitrogen and oxygen atoms in total. The summed E-state index contributed by atoms with van der Waals surface area (Å²) in [6.45, 7) is 0. The van der Waals surface area contributed by atoms with Crippen LogP contribution in [0, 0.1) is 0 Å². The van der Waals surface area contributed by atoms with Crippen molar-refractivity contribution in [3.05, 3.63) is 47.3 Å². The number of rotatable bonds is 2. The predicted molar refractivity (Wildman–Crippen MR) is 79.6 cm³/mol. The lowest BCUT2D eigenvalue weighted by atomic mass is 10.1. The molecule has 0 radical (unpaired) electrons. The normalized spacial score (nSPS) is 11.8. The second-order valence-electron chi connectivity index (χ2n) is 4.52. The van der Waals surface area contributed by atoms with Crippen molar-refractivity contribution in [2.45, 2.75) is 6.18 Å². The van der Waals surface area contributed by atoms with Crippen molar-refractivity contribution in [2.24, 2.45) is 0 Å². The van der Waals surface area contributed by atoms with Crippen molar-refractivity contribution in [3.8, 4) is 11.3 Å². The van der Waals surface area contributed by atoms with Gasteiger partial charge in [0.05, 0.1) is 11.3 Å². The van der Waals surface area contributed by atoms with Crippen molar-refractivity contribution in [1.82, 2.24) is 4.98 Å². The van der Waals surface area contributed by atoms with Gasteiger partial charge in [0.2, 0.25) is 0 Å². The maximum Gasteiger partial charge on any atom is 0.416 e. The van der Waals surface area contributed by atoms with Crippen LogP contribution in [0.1, 0.15) is 5.56 Å². The first-order chi connectivity index (χ1) is 9.99. The highest BCUT2D eigenvalue weighted by Crippen LogP contribution is 2.36. The summed E-state index contributed by atoms with van der Waals surface area (Å²) in [5.41, 5.74) is 0.331. The highest BCUT2D eigenvalue weighted by molar-refractivity contribution is 7.17. The smallest absolute Gasteiger partial charge is 0.373 e. The van der Waals surface area contributed by atoms with Crippen LogP contribution in [0.3, 0.4) is 0 Å². The zero-order valence-corrected chi connectivity index (χ0v) is 11.8. The molecule has 0 atom stereocenters. The summed E-state index contributed by atoms with van der Waals surface area (Å²) in [6, 6.07) is 9.59. The van der Waals surface area contributed by atoms with Crippen molar-refractivity contribution in [3.63, 3.8) is 0 Å². The number of halogens is 3. The number of hydrogen-bond acceptors (Lipinski definition) is 3. The second-order valence-corrected chi connectivity index (χ2v) is 5.43. The van der Waals surface area contributed by atoms with Crippen LogP contribution in [0.25, 0.3) is 21.3 Å². The van der Waals surface area contributed by atoms with Gasteiger partial charge in [-0.15, -0.1) is 11.3 Å². The SMILES string of the molecule is CNc1cc(C(F)(F)F)cc(-c2cccc3ccsc23)n1. The number of nitrogens with zero attached hydrogens (tertiary/aromatic N) is 1. The largest absolute Gasteiger partial charge is 0.416 e. The fraction of sp³-hybridized carbons (Fsp3) is 0.133. The van der Waals surface area contributed by atoms with Gasteiger partial charge in [0.1, 0.15) is 5.82 Å². The van der Waals surface area contributed by atoms with Gasteiger partial charge in [0, 0.05) is 17.3 Å². The van der Waals surface area contributed by atoms with Crippen LogP contribution in [0.15, 0.2) is 41.8 Å². The van der Waals surface area contributed by atoms with E-state index in [1.165, 1.54) is 11.3 Å². The molecule has 1 N–H and O–H groups in total. The van der Waals surface area contributed by atoms with Crippen molar-refractivity contribution >= 4 is 27.2 Å². The quantitative estimate of drug-likeness (QED) is 0.718. The fourth-order valence-electron chi connectivity index (χ4n) is 2.15. The summed E-state index contributed by atoms with van der Waals surface area (Å²) < 4.78 is 39.9. The first kappa shape index (κ1) is 13.9. The van der Waals surface area contributed by atoms with Gasteiger partial charge < -0.3 is 5.32 Å². The third-order valence-electron chi connectivity index (χ3n) is 3.16. The number of pyridine rings is 1. The third-order valence-corrected chi connectivity index (χ3v) is 4.13. The Morgan fingerprint density at radius 1 is 1.14 bits per heavy atom. The lowest BCUT2D eigenvalue weighted by Gasteiger charge is -2.12. The van der Waals surface area contributed by atoms with E-state index >= 15 is 0 Å². The molecule has 0 aliphatic rings. The first-order valence-corrected chi connectivity index (χ1v) is 7.10. The van der Waals surface area contributed by atoms with E-state index in [0.717, 1.165) is 22.2 Å². The molecule has 108 valence electrons. The molecule has 21 heavy (non-hydrogen) atoms. The van der Waals surface area contributed by atoms with Crippen molar-refractivity contribution < 1.29 is 13.2 Å². The Morgan fingerprint density at radius 2 is 1.95 bits per heavy atom. The molecule has 3 aromatic rings. The van der Waals surface area contributed by atoms with Gasteiger partial charge in [-0.3, -0.25) is 0 Å². The van der Waals surface area contributed by atoms with Crippen molar-refractivity contribution in [1.29, 1.82) is 0 Å². The number of thiophene rings is 1. The van der Waals surface area contributed by atoms with Gasteiger partial charge in [-0.2, -0.15) is 13.2 Å². The summed E-state index contributed by atoms with van der Waals surface area (Å²) >= 11 is 1.49. The number of hydrogen-bond donors (Lipinski definition) is 1. The van der Waals surface area contributed by atoms with Gasteiger partial charge in [-0.05, 0) is 29.0 Å². The van der Waals surface area contributed by atoms with Crippen molar-refractivity contribution in [2.75, 3.05) is 12.4 Å². The average Bonchev–Trinajstić information content (AvgIpc) is 2.94. The molecule has 0 bridgehead atoms. The lowest BCUT2D eigenvalue weighted by molar-refractivity contribution is -0.137. The standard InChI is InChI=1S/C15H11F3N2S/c1-19-13-8-10(15(16,17)18)7-12(20-13)11-4-2-3-9-5-6-21-14(9)11/h2-8H,1H3,(H,19,20). The summed E-state index contributed by atoms with van der Waals surface area (Å²) in [6.07, 6.45) is -4.40. The Kier molecular flexibility index (Phi) is 3.33. The van der Waals surface area contributed by atoms with E-state index in [9.17, 15) is 13.2 Å². The Labute approximate surface area is 123 Å². The van der Waals surface area contributed by atoms with Crippen LogP contribution in [-0.2, 0) is 6.18 Å². The van der Waals surface area contributed by atoms with E-state index in [1.807, 2.05) is 23.6 Å². The predicted octanol–water partition coefficient (Wildman–Crippen LogP) is 5.02. The molecule has 6 heteroatoms. The molecule has 0 spiro atoms. The highest BCUT2D eigenvalue weighted by atomic mass is 32.1. The molecule has 0 aliphatic heterocycles. The zero-order valence-electron chi connectivity index (χ0n) is 11.0. The summed E-state index contributed by atoms with van der Waals surface area (Å²) in [5, 5.41) is 5.60. The lowest BCUT2D eigenvalue weighted by Crippen LogP contribution is -2.07. The van der Waals surface area contributed by atoms with Gasteiger partial charge >= 0.3 is 6.18 Å².